The highest BCUT2D eigenvalue weighted by Gasteiger charge is 2.20. The Morgan fingerprint density at radius 1 is 1.00 bits per heavy atom. The van der Waals surface area contributed by atoms with E-state index in [1.54, 1.807) is 17.2 Å². The van der Waals surface area contributed by atoms with Crippen LogP contribution in [0, 0.1) is 0 Å². The topological polar surface area (TPSA) is 58.1 Å². The van der Waals surface area contributed by atoms with Crippen molar-refractivity contribution in [3.8, 4) is 0 Å². The molecule has 0 bridgehead atoms. The van der Waals surface area contributed by atoms with Crippen LogP contribution in [0.25, 0.3) is 0 Å². The maximum absolute atomic E-state index is 13.0. The highest BCUT2D eigenvalue weighted by atomic mass is 16.2. The van der Waals surface area contributed by atoms with Crippen molar-refractivity contribution < 1.29 is 4.79 Å². The van der Waals surface area contributed by atoms with Crippen molar-refractivity contribution in [2.75, 3.05) is 16.8 Å². The number of anilines is 3. The van der Waals surface area contributed by atoms with Gasteiger partial charge >= 0.3 is 0 Å². The second kappa shape index (κ2) is 8.21. The largest absolute Gasteiger partial charge is 0.324 e. The van der Waals surface area contributed by atoms with Gasteiger partial charge in [0.05, 0.1) is 0 Å². The molecule has 0 fully saturated rings. The van der Waals surface area contributed by atoms with Gasteiger partial charge in [-0.3, -0.25) is 4.79 Å². The number of aromatic nitrogens is 2. The number of carbonyl (C=O) groups excluding carboxylic acids is 1. The number of hydrogen-bond donors (Lipinski definition) is 1. The van der Waals surface area contributed by atoms with Crippen LogP contribution in [0.15, 0.2) is 66.9 Å². The molecule has 0 saturated heterocycles. The van der Waals surface area contributed by atoms with Crippen LogP contribution in [0.1, 0.15) is 43.7 Å². The first kappa shape index (κ1) is 19.5. The summed E-state index contributed by atoms with van der Waals surface area (Å²) in [5.41, 5.74) is 3.28. The van der Waals surface area contributed by atoms with Crippen LogP contribution in [-0.2, 0) is 5.41 Å². The molecule has 0 saturated carbocycles. The Labute approximate surface area is 166 Å². The van der Waals surface area contributed by atoms with Crippen LogP contribution in [-0.4, -0.2) is 22.4 Å². The molecular weight excluding hydrogens is 348 g/mol. The van der Waals surface area contributed by atoms with Crippen molar-refractivity contribution in [3.63, 3.8) is 0 Å². The number of para-hydroxylation sites is 2. The summed E-state index contributed by atoms with van der Waals surface area (Å²) in [4.78, 5) is 23.5. The van der Waals surface area contributed by atoms with Crippen LogP contribution in [0.2, 0.25) is 0 Å². The molecule has 28 heavy (non-hydrogen) atoms. The van der Waals surface area contributed by atoms with Gasteiger partial charge in [0.25, 0.3) is 5.91 Å². The van der Waals surface area contributed by atoms with Crippen LogP contribution < -0.4 is 10.2 Å². The maximum Gasteiger partial charge on any atom is 0.277 e. The number of amides is 1. The second-order valence-corrected chi connectivity index (χ2v) is 7.57. The van der Waals surface area contributed by atoms with Crippen molar-refractivity contribution in [2.45, 2.75) is 33.1 Å². The van der Waals surface area contributed by atoms with E-state index in [1.807, 2.05) is 55.5 Å². The summed E-state index contributed by atoms with van der Waals surface area (Å²) in [5.74, 6) is 0.259. The number of benzene rings is 2. The smallest absolute Gasteiger partial charge is 0.277 e. The van der Waals surface area contributed by atoms with E-state index in [1.165, 1.54) is 0 Å². The zero-order valence-corrected chi connectivity index (χ0v) is 16.8. The van der Waals surface area contributed by atoms with Crippen molar-refractivity contribution in [1.29, 1.82) is 0 Å². The van der Waals surface area contributed by atoms with Crippen LogP contribution in [0.3, 0.4) is 0 Å². The molecule has 1 heterocycles. The highest BCUT2D eigenvalue weighted by molar-refractivity contribution is 6.04. The number of nitrogens with one attached hydrogen (secondary N) is 1. The highest BCUT2D eigenvalue weighted by Crippen LogP contribution is 2.30. The van der Waals surface area contributed by atoms with Gasteiger partial charge in [0, 0.05) is 24.1 Å². The molecule has 1 aromatic heterocycles. The molecule has 0 atom stereocenters. The summed E-state index contributed by atoms with van der Waals surface area (Å²) >= 11 is 0. The van der Waals surface area contributed by atoms with Gasteiger partial charge in [-0.1, -0.05) is 57.2 Å². The summed E-state index contributed by atoms with van der Waals surface area (Å²) in [6.45, 7) is 8.99. The van der Waals surface area contributed by atoms with E-state index < -0.39 is 0 Å². The van der Waals surface area contributed by atoms with Crippen LogP contribution >= 0.6 is 0 Å². The van der Waals surface area contributed by atoms with Gasteiger partial charge in [-0.15, -0.1) is 0 Å². The van der Waals surface area contributed by atoms with Crippen molar-refractivity contribution in [1.82, 2.24) is 9.97 Å². The molecule has 0 radical (unpaired) electrons. The first-order chi connectivity index (χ1) is 13.4. The quantitative estimate of drug-likeness (QED) is 0.668. The zero-order chi connectivity index (χ0) is 20.1. The lowest BCUT2D eigenvalue weighted by Gasteiger charge is -2.23. The van der Waals surface area contributed by atoms with Crippen LogP contribution in [0.4, 0.5) is 17.3 Å². The Bertz CT molecular complexity index is 948. The second-order valence-electron chi connectivity index (χ2n) is 7.57. The van der Waals surface area contributed by atoms with Gasteiger partial charge in [0.15, 0.2) is 0 Å². The van der Waals surface area contributed by atoms with Gasteiger partial charge in [-0.25, -0.2) is 9.97 Å². The third-order valence-corrected chi connectivity index (χ3v) is 4.49. The molecule has 0 aliphatic carbocycles. The van der Waals surface area contributed by atoms with E-state index >= 15 is 0 Å². The first-order valence-electron chi connectivity index (χ1n) is 9.46. The monoisotopic (exact) mass is 374 g/mol. The van der Waals surface area contributed by atoms with Crippen molar-refractivity contribution in [2.24, 2.45) is 0 Å². The minimum atomic E-state index is -0.150. The number of hydrogen-bond acceptors (Lipinski definition) is 4. The fraction of sp³-hybridized carbons (Fsp3) is 0.261. The van der Waals surface area contributed by atoms with Gasteiger partial charge in [0.2, 0.25) is 5.95 Å². The van der Waals surface area contributed by atoms with E-state index in [-0.39, 0.29) is 11.3 Å². The normalized spacial score (nSPS) is 11.1. The summed E-state index contributed by atoms with van der Waals surface area (Å²) in [6, 6.07) is 19.3. The Morgan fingerprint density at radius 2 is 1.68 bits per heavy atom. The predicted molar refractivity (Wildman–Crippen MR) is 114 cm³/mol. The van der Waals surface area contributed by atoms with E-state index in [9.17, 15) is 4.79 Å². The van der Waals surface area contributed by atoms with E-state index in [0.29, 0.717) is 18.2 Å². The van der Waals surface area contributed by atoms with Gasteiger partial charge in [-0.05, 0) is 42.2 Å². The summed E-state index contributed by atoms with van der Waals surface area (Å²) in [6.07, 6.45) is 1.61. The molecule has 3 aromatic rings. The van der Waals surface area contributed by atoms with Gasteiger partial charge in [0.1, 0.15) is 5.69 Å². The number of nitrogens with zero attached hydrogens (tertiary/aromatic N) is 3. The summed E-state index contributed by atoms with van der Waals surface area (Å²) in [5, 5.41) is 3.28. The molecule has 3 rings (SSSR count). The van der Waals surface area contributed by atoms with E-state index in [2.05, 4.69) is 42.1 Å². The van der Waals surface area contributed by atoms with Gasteiger partial charge < -0.3 is 10.2 Å². The third kappa shape index (κ3) is 4.36. The predicted octanol–water partition coefficient (Wildman–Crippen LogP) is 5.18. The van der Waals surface area contributed by atoms with E-state index in [0.717, 1.165) is 16.9 Å². The minimum Gasteiger partial charge on any atom is -0.324 e. The molecular formula is C23H26N4O. The third-order valence-electron chi connectivity index (χ3n) is 4.49. The van der Waals surface area contributed by atoms with E-state index in [4.69, 9.17) is 0 Å². The van der Waals surface area contributed by atoms with Crippen molar-refractivity contribution in [3.05, 3.63) is 78.1 Å². The Balaban J connectivity index is 1.88. The molecule has 0 aliphatic rings. The Kier molecular flexibility index (Phi) is 5.73. The number of rotatable bonds is 5. The maximum atomic E-state index is 13.0. The summed E-state index contributed by atoms with van der Waals surface area (Å²) < 4.78 is 0. The lowest BCUT2D eigenvalue weighted by molar-refractivity contribution is 0.0983. The molecule has 5 heteroatoms. The number of carbonyl (C=O) groups is 1. The van der Waals surface area contributed by atoms with Gasteiger partial charge in [-0.2, -0.15) is 0 Å². The molecule has 0 spiro atoms. The van der Waals surface area contributed by atoms with Crippen LogP contribution in [0.5, 0.6) is 0 Å². The average molecular weight is 374 g/mol. The zero-order valence-electron chi connectivity index (χ0n) is 16.8. The fourth-order valence-corrected chi connectivity index (χ4v) is 3.09. The molecule has 1 amide bonds. The molecule has 5 nitrogen and oxygen atoms in total. The average Bonchev–Trinajstić information content (AvgIpc) is 2.69. The lowest BCUT2D eigenvalue weighted by Crippen LogP contribution is -2.31. The van der Waals surface area contributed by atoms with Crippen molar-refractivity contribution >= 4 is 23.2 Å². The Morgan fingerprint density at radius 3 is 2.36 bits per heavy atom. The lowest BCUT2D eigenvalue weighted by atomic mass is 9.86. The SMILES string of the molecule is CCN(C(=O)c1ccnc(Nc2ccccc2C(C)(C)C)n1)c1ccccc1. The molecule has 0 unspecified atom stereocenters. The molecule has 144 valence electrons. The minimum absolute atomic E-state index is 0.0245. The Hall–Kier alpha value is -3.21. The standard InChI is InChI=1S/C23H26N4O/c1-5-27(17-11-7-6-8-12-17)21(28)20-15-16-24-22(26-20)25-19-14-10-9-13-18(19)23(2,3)4/h6-16H,5H2,1-4H3,(H,24,25,26). The molecule has 0 aliphatic heterocycles. The molecule has 2 aromatic carbocycles. The molecule has 1 N–H and O–H groups in total. The first-order valence-corrected chi connectivity index (χ1v) is 9.46. The summed E-state index contributed by atoms with van der Waals surface area (Å²) in [7, 11) is 0. The fourth-order valence-electron chi connectivity index (χ4n) is 3.09.